The van der Waals surface area contributed by atoms with Crippen molar-refractivity contribution in [2.45, 2.75) is 31.1 Å². The van der Waals surface area contributed by atoms with E-state index < -0.39 is 10.0 Å². The first-order valence-electron chi connectivity index (χ1n) is 6.21. The lowest BCUT2D eigenvalue weighted by atomic mass is 9.93. The van der Waals surface area contributed by atoms with Crippen LogP contribution in [0.2, 0.25) is 0 Å². The molecule has 0 saturated heterocycles. The average molecular weight is 327 g/mol. The van der Waals surface area contributed by atoms with Gasteiger partial charge < -0.3 is 5.32 Å². The topological polar surface area (TPSA) is 96.9 Å². The van der Waals surface area contributed by atoms with Gasteiger partial charge in [0.15, 0.2) is 5.13 Å². The Morgan fingerprint density at radius 2 is 1.81 bits per heavy atom. The predicted octanol–water partition coefficient (Wildman–Crippen LogP) is 2.07. The van der Waals surface area contributed by atoms with Crippen molar-refractivity contribution in [2.24, 2.45) is 0 Å². The van der Waals surface area contributed by atoms with Gasteiger partial charge in [0, 0.05) is 17.8 Å². The van der Waals surface area contributed by atoms with E-state index in [9.17, 15) is 8.42 Å². The lowest BCUT2D eigenvalue weighted by Crippen LogP contribution is -2.15. The fraction of sp³-hybridized carbons (Fsp3) is 0.417. The van der Waals surface area contributed by atoms with Gasteiger partial charge in [-0.3, -0.25) is 4.72 Å². The van der Waals surface area contributed by atoms with Crippen molar-refractivity contribution in [1.82, 2.24) is 15.0 Å². The maximum Gasteiger partial charge on any atom is 0.266 e. The van der Waals surface area contributed by atoms with Crippen LogP contribution in [0.15, 0.2) is 22.7 Å². The van der Waals surface area contributed by atoms with Gasteiger partial charge >= 0.3 is 0 Å². The average Bonchev–Trinajstić information content (AvgIpc) is 2.86. The summed E-state index contributed by atoms with van der Waals surface area (Å²) in [7, 11) is -2.07. The summed E-state index contributed by atoms with van der Waals surface area (Å²) in [6, 6.07) is 0. The number of hydrogen-bond acceptors (Lipinski definition) is 7. The molecule has 0 amide bonds. The van der Waals surface area contributed by atoms with Crippen molar-refractivity contribution >= 4 is 32.4 Å². The van der Waals surface area contributed by atoms with Gasteiger partial charge in [-0.25, -0.2) is 23.4 Å². The number of rotatable bonds is 4. The molecule has 0 aliphatic rings. The molecule has 9 heteroatoms. The van der Waals surface area contributed by atoms with Crippen molar-refractivity contribution in [3.8, 4) is 0 Å². The Morgan fingerprint density at radius 1 is 1.19 bits per heavy atom. The van der Waals surface area contributed by atoms with Crippen LogP contribution in [-0.2, 0) is 15.4 Å². The summed E-state index contributed by atoms with van der Waals surface area (Å²) in [5.74, 6) is 0.359. The van der Waals surface area contributed by atoms with Crippen molar-refractivity contribution in [3.63, 3.8) is 0 Å². The monoisotopic (exact) mass is 327 g/mol. The van der Waals surface area contributed by atoms with Crippen LogP contribution in [0.3, 0.4) is 0 Å². The first-order chi connectivity index (χ1) is 9.72. The number of sulfonamides is 1. The van der Waals surface area contributed by atoms with E-state index in [2.05, 4.69) is 25.0 Å². The van der Waals surface area contributed by atoms with Gasteiger partial charge in [-0.15, -0.1) is 11.3 Å². The van der Waals surface area contributed by atoms with Crippen molar-refractivity contribution in [3.05, 3.63) is 23.5 Å². The van der Waals surface area contributed by atoms with Gasteiger partial charge in [0.2, 0.25) is 5.95 Å². The van der Waals surface area contributed by atoms with E-state index in [1.807, 2.05) is 26.2 Å². The molecule has 0 aliphatic carbocycles. The molecule has 0 radical (unpaired) electrons. The van der Waals surface area contributed by atoms with E-state index >= 15 is 0 Å². The van der Waals surface area contributed by atoms with Crippen LogP contribution in [-0.4, -0.2) is 30.4 Å². The molecule has 0 aromatic carbocycles. The minimum atomic E-state index is -3.73. The lowest BCUT2D eigenvalue weighted by Gasteiger charge is -2.14. The Labute approximate surface area is 127 Å². The first-order valence-corrected chi connectivity index (χ1v) is 8.57. The summed E-state index contributed by atoms with van der Waals surface area (Å²) in [6.45, 7) is 6.06. The first kappa shape index (κ1) is 15.6. The molecule has 0 fully saturated rings. The highest BCUT2D eigenvalue weighted by molar-refractivity contribution is 7.93. The molecule has 2 N–H and O–H groups in total. The molecule has 0 unspecified atom stereocenters. The molecule has 0 bridgehead atoms. The van der Waals surface area contributed by atoms with Crippen LogP contribution in [0, 0.1) is 0 Å². The van der Waals surface area contributed by atoms with E-state index in [0.717, 1.165) is 5.69 Å². The second-order valence-electron chi connectivity index (χ2n) is 5.39. The van der Waals surface area contributed by atoms with Gasteiger partial charge in [-0.2, -0.15) is 0 Å². The molecule has 2 aromatic heterocycles. The molecule has 0 saturated carbocycles. The third-order valence-electron chi connectivity index (χ3n) is 2.66. The van der Waals surface area contributed by atoms with Gasteiger partial charge in [0.1, 0.15) is 4.90 Å². The number of aromatic nitrogens is 3. The minimum absolute atomic E-state index is 0.00555. The highest BCUT2D eigenvalue weighted by atomic mass is 32.2. The fourth-order valence-electron chi connectivity index (χ4n) is 1.42. The third kappa shape index (κ3) is 3.67. The van der Waals surface area contributed by atoms with Crippen molar-refractivity contribution < 1.29 is 8.42 Å². The summed E-state index contributed by atoms with van der Waals surface area (Å²) in [6.07, 6.45) is 2.50. The molecule has 0 spiro atoms. The van der Waals surface area contributed by atoms with Crippen molar-refractivity contribution in [2.75, 3.05) is 17.1 Å². The third-order valence-corrected chi connectivity index (χ3v) is 4.84. The maximum absolute atomic E-state index is 12.2. The second-order valence-corrected chi connectivity index (χ2v) is 7.93. The van der Waals surface area contributed by atoms with Crippen LogP contribution in [0.4, 0.5) is 11.1 Å². The molecule has 2 rings (SSSR count). The quantitative estimate of drug-likeness (QED) is 0.892. The van der Waals surface area contributed by atoms with Gasteiger partial charge in [-0.05, 0) is 0 Å². The highest BCUT2D eigenvalue weighted by Gasteiger charge is 2.21. The Bertz CT molecular complexity index is 717. The summed E-state index contributed by atoms with van der Waals surface area (Å²) in [5.41, 5.74) is 0.713. The number of nitrogens with one attached hydrogen (secondary N) is 2. The van der Waals surface area contributed by atoms with E-state index in [4.69, 9.17) is 0 Å². The zero-order chi connectivity index (χ0) is 15.7. The number of anilines is 2. The number of hydrogen-bond donors (Lipinski definition) is 2. The molecule has 0 atom stereocenters. The zero-order valence-corrected chi connectivity index (χ0v) is 13.8. The van der Waals surface area contributed by atoms with Crippen LogP contribution >= 0.6 is 11.3 Å². The molecule has 0 aliphatic heterocycles. The predicted molar refractivity (Wildman–Crippen MR) is 83.2 cm³/mol. The minimum Gasteiger partial charge on any atom is -0.357 e. The Kier molecular flexibility index (Phi) is 4.15. The largest absolute Gasteiger partial charge is 0.357 e. The molecule has 114 valence electrons. The molecule has 2 heterocycles. The lowest BCUT2D eigenvalue weighted by molar-refractivity contribution is 0.573. The van der Waals surface area contributed by atoms with E-state index in [-0.39, 0.29) is 10.3 Å². The van der Waals surface area contributed by atoms with E-state index in [1.54, 1.807) is 7.05 Å². The van der Waals surface area contributed by atoms with E-state index in [0.29, 0.717) is 11.1 Å². The summed E-state index contributed by atoms with van der Waals surface area (Å²) >= 11 is 1.25. The molecular formula is C12H17N5O2S2. The Morgan fingerprint density at radius 3 is 2.29 bits per heavy atom. The Balaban J connectivity index is 2.22. The van der Waals surface area contributed by atoms with Crippen LogP contribution in [0.5, 0.6) is 0 Å². The summed E-state index contributed by atoms with van der Waals surface area (Å²) in [5, 5.41) is 4.90. The number of nitrogens with zero attached hydrogens (tertiary/aromatic N) is 3. The molecular weight excluding hydrogens is 310 g/mol. The van der Waals surface area contributed by atoms with Gasteiger partial charge in [0.25, 0.3) is 10.0 Å². The number of thiazole rings is 1. The van der Waals surface area contributed by atoms with Gasteiger partial charge in [0.05, 0.1) is 18.1 Å². The SMILES string of the molecule is CNc1ncc(S(=O)(=O)Nc2nc(C(C)(C)C)cs2)cn1. The Hall–Kier alpha value is -1.74. The molecule has 21 heavy (non-hydrogen) atoms. The van der Waals surface area contributed by atoms with Crippen molar-refractivity contribution in [1.29, 1.82) is 0 Å². The standard InChI is InChI=1S/C12H17N5O2S2/c1-12(2,3)9-7-20-11(16-9)17-21(18,19)8-5-14-10(13-4)15-6-8/h5-7H,1-4H3,(H,16,17)(H,13,14,15). The smallest absolute Gasteiger partial charge is 0.266 e. The molecule has 2 aromatic rings. The zero-order valence-electron chi connectivity index (χ0n) is 12.2. The highest BCUT2D eigenvalue weighted by Crippen LogP contribution is 2.27. The van der Waals surface area contributed by atoms with Crippen LogP contribution in [0.1, 0.15) is 26.5 Å². The fourth-order valence-corrected chi connectivity index (χ4v) is 3.50. The molecule has 7 nitrogen and oxygen atoms in total. The summed E-state index contributed by atoms with van der Waals surface area (Å²) in [4.78, 5) is 12.1. The van der Waals surface area contributed by atoms with Crippen LogP contribution < -0.4 is 10.0 Å². The normalized spacial score (nSPS) is 12.2. The summed E-state index contributed by atoms with van der Waals surface area (Å²) < 4.78 is 26.9. The van der Waals surface area contributed by atoms with Crippen LogP contribution in [0.25, 0.3) is 0 Å². The van der Waals surface area contributed by atoms with Gasteiger partial charge in [-0.1, -0.05) is 20.8 Å². The second kappa shape index (κ2) is 5.57. The van der Waals surface area contributed by atoms with E-state index in [1.165, 1.54) is 23.7 Å². The maximum atomic E-state index is 12.2.